The number of hydrogen-bond donors (Lipinski definition) is 1. The minimum atomic E-state index is -0.402. The number of nitrogen functional groups attached to an aromatic ring is 1. The third-order valence-corrected chi connectivity index (χ3v) is 3.80. The molecule has 0 amide bonds. The van der Waals surface area contributed by atoms with Gasteiger partial charge in [0.1, 0.15) is 10.6 Å². The van der Waals surface area contributed by atoms with E-state index in [0.29, 0.717) is 11.6 Å². The Balaban J connectivity index is 2.37. The quantitative estimate of drug-likeness (QED) is 0.795. The molecular formula is C10H15N3O2S. The monoisotopic (exact) mass is 241 g/mol. The van der Waals surface area contributed by atoms with E-state index in [9.17, 15) is 4.79 Å². The summed E-state index contributed by atoms with van der Waals surface area (Å²) in [6.07, 6.45) is 2.28. The number of methoxy groups -OCH3 is 1. The molecule has 2 heterocycles. The van der Waals surface area contributed by atoms with Gasteiger partial charge in [0.2, 0.25) is 0 Å². The summed E-state index contributed by atoms with van der Waals surface area (Å²) < 4.78 is 8.77. The van der Waals surface area contributed by atoms with Crippen LogP contribution in [0.15, 0.2) is 0 Å². The molecule has 0 aromatic carbocycles. The van der Waals surface area contributed by atoms with E-state index >= 15 is 0 Å². The molecule has 6 heteroatoms. The molecule has 16 heavy (non-hydrogen) atoms. The minimum absolute atomic E-state index is 0.269. The Bertz CT molecular complexity index is 405. The van der Waals surface area contributed by atoms with Crippen molar-refractivity contribution in [3.8, 4) is 0 Å². The molecule has 1 atom stereocenters. The lowest BCUT2D eigenvalue weighted by Gasteiger charge is -2.22. The lowest BCUT2D eigenvalue weighted by molar-refractivity contribution is 0.0603. The van der Waals surface area contributed by atoms with Crippen molar-refractivity contribution in [2.45, 2.75) is 25.8 Å². The van der Waals surface area contributed by atoms with Gasteiger partial charge in [0.05, 0.1) is 7.11 Å². The molecule has 1 aliphatic rings. The van der Waals surface area contributed by atoms with Crippen molar-refractivity contribution < 1.29 is 9.53 Å². The molecule has 5 nitrogen and oxygen atoms in total. The first-order valence-corrected chi connectivity index (χ1v) is 6.02. The van der Waals surface area contributed by atoms with Gasteiger partial charge in [-0.15, -0.1) is 0 Å². The second kappa shape index (κ2) is 4.29. The topological polar surface area (TPSA) is 68.5 Å². The molecule has 1 aliphatic heterocycles. The number of rotatable bonds is 2. The van der Waals surface area contributed by atoms with Crippen molar-refractivity contribution in [2.24, 2.45) is 0 Å². The van der Waals surface area contributed by atoms with Gasteiger partial charge in [-0.05, 0) is 31.3 Å². The fraction of sp³-hybridized carbons (Fsp3) is 0.600. The average Bonchev–Trinajstić information content (AvgIpc) is 2.83. The van der Waals surface area contributed by atoms with Gasteiger partial charge in [-0.2, -0.15) is 4.37 Å². The first-order chi connectivity index (χ1) is 7.65. The molecule has 0 radical (unpaired) electrons. The SMILES string of the molecule is COC(=O)c1c(N)nsc1N1CCCC1C. The molecule has 1 saturated heterocycles. The number of nitrogens with zero attached hydrogens (tertiary/aromatic N) is 2. The smallest absolute Gasteiger partial charge is 0.344 e. The van der Waals surface area contributed by atoms with Gasteiger partial charge >= 0.3 is 5.97 Å². The Labute approximate surface area is 98.4 Å². The zero-order valence-corrected chi connectivity index (χ0v) is 10.2. The summed E-state index contributed by atoms with van der Waals surface area (Å²) in [7, 11) is 1.36. The van der Waals surface area contributed by atoms with Crippen LogP contribution in [0.4, 0.5) is 10.8 Å². The van der Waals surface area contributed by atoms with Crippen LogP contribution in [0.5, 0.6) is 0 Å². The molecule has 2 N–H and O–H groups in total. The fourth-order valence-corrected chi connectivity index (χ4v) is 2.95. The lowest BCUT2D eigenvalue weighted by Crippen LogP contribution is -2.27. The summed E-state index contributed by atoms with van der Waals surface area (Å²) in [6, 6.07) is 0.434. The van der Waals surface area contributed by atoms with Crippen molar-refractivity contribution in [2.75, 3.05) is 24.3 Å². The fourth-order valence-electron chi connectivity index (χ4n) is 2.02. The number of carbonyl (C=O) groups excluding carboxylic acids is 1. The third kappa shape index (κ3) is 1.73. The van der Waals surface area contributed by atoms with E-state index in [1.54, 1.807) is 0 Å². The van der Waals surface area contributed by atoms with Crippen LogP contribution in [0.2, 0.25) is 0 Å². The first-order valence-electron chi connectivity index (χ1n) is 5.25. The highest BCUT2D eigenvalue weighted by atomic mass is 32.1. The predicted octanol–water partition coefficient (Wildman–Crippen LogP) is 1.50. The van der Waals surface area contributed by atoms with Crippen LogP contribution in [-0.4, -0.2) is 30.0 Å². The summed E-state index contributed by atoms with van der Waals surface area (Å²) in [4.78, 5) is 13.8. The van der Waals surface area contributed by atoms with Crippen LogP contribution < -0.4 is 10.6 Å². The van der Waals surface area contributed by atoms with E-state index < -0.39 is 5.97 Å². The predicted molar refractivity (Wildman–Crippen MR) is 63.9 cm³/mol. The van der Waals surface area contributed by atoms with E-state index in [0.717, 1.165) is 24.4 Å². The average molecular weight is 241 g/mol. The van der Waals surface area contributed by atoms with E-state index in [-0.39, 0.29) is 5.82 Å². The third-order valence-electron chi connectivity index (χ3n) is 2.90. The van der Waals surface area contributed by atoms with Gasteiger partial charge in [0.15, 0.2) is 5.82 Å². The minimum Gasteiger partial charge on any atom is -0.465 e. The Morgan fingerprint density at radius 3 is 3.00 bits per heavy atom. The molecule has 1 aromatic rings. The van der Waals surface area contributed by atoms with Gasteiger partial charge in [0.25, 0.3) is 0 Å². The summed E-state index contributed by atoms with van der Waals surface area (Å²) in [5.74, 6) is -0.133. The standard InChI is InChI=1S/C10H15N3O2S/c1-6-4-3-5-13(6)9-7(10(14)15-2)8(11)12-16-9/h6H,3-5H2,1-2H3,(H2,11,12). The Hall–Kier alpha value is -1.30. The molecule has 0 saturated carbocycles. The van der Waals surface area contributed by atoms with Crippen LogP contribution in [0.25, 0.3) is 0 Å². The number of hydrogen-bond acceptors (Lipinski definition) is 6. The second-order valence-electron chi connectivity index (χ2n) is 3.92. The number of carbonyl (C=O) groups is 1. The zero-order chi connectivity index (χ0) is 11.7. The summed E-state index contributed by atoms with van der Waals surface area (Å²) >= 11 is 1.27. The molecular weight excluding hydrogens is 226 g/mol. The highest BCUT2D eigenvalue weighted by Crippen LogP contribution is 2.35. The molecule has 1 aromatic heterocycles. The maximum absolute atomic E-state index is 11.6. The molecule has 1 unspecified atom stereocenters. The number of ether oxygens (including phenoxy) is 1. The number of esters is 1. The van der Waals surface area contributed by atoms with Gasteiger partial charge in [-0.25, -0.2) is 4.79 Å². The summed E-state index contributed by atoms with van der Waals surface area (Å²) in [6.45, 7) is 3.09. The molecule has 0 spiro atoms. The molecule has 0 bridgehead atoms. The second-order valence-corrected chi connectivity index (χ2v) is 4.68. The molecule has 2 rings (SSSR count). The maximum atomic E-state index is 11.6. The zero-order valence-electron chi connectivity index (χ0n) is 9.40. The highest BCUT2D eigenvalue weighted by Gasteiger charge is 2.29. The van der Waals surface area contributed by atoms with Crippen LogP contribution in [0, 0.1) is 0 Å². The van der Waals surface area contributed by atoms with E-state index in [4.69, 9.17) is 10.5 Å². The Kier molecular flexibility index (Phi) is 3.00. The van der Waals surface area contributed by atoms with Crippen molar-refractivity contribution >= 4 is 28.3 Å². The highest BCUT2D eigenvalue weighted by molar-refractivity contribution is 7.11. The van der Waals surface area contributed by atoms with Crippen molar-refractivity contribution in [1.29, 1.82) is 0 Å². The van der Waals surface area contributed by atoms with E-state index in [2.05, 4.69) is 16.2 Å². The van der Waals surface area contributed by atoms with Crippen LogP contribution in [0.3, 0.4) is 0 Å². The Morgan fingerprint density at radius 1 is 1.69 bits per heavy atom. The molecule has 0 aliphatic carbocycles. The number of nitrogens with two attached hydrogens (primary N) is 1. The van der Waals surface area contributed by atoms with Crippen LogP contribution in [-0.2, 0) is 4.74 Å². The number of anilines is 2. The Morgan fingerprint density at radius 2 is 2.44 bits per heavy atom. The van der Waals surface area contributed by atoms with Gasteiger partial charge in [0, 0.05) is 12.6 Å². The normalized spacial score (nSPS) is 20.1. The van der Waals surface area contributed by atoms with Gasteiger partial charge < -0.3 is 15.4 Å². The van der Waals surface area contributed by atoms with Crippen molar-refractivity contribution in [1.82, 2.24) is 4.37 Å². The molecule has 88 valence electrons. The van der Waals surface area contributed by atoms with Gasteiger partial charge in [-0.1, -0.05) is 0 Å². The summed E-state index contributed by atoms with van der Waals surface area (Å²) in [5.41, 5.74) is 6.12. The molecule has 1 fully saturated rings. The largest absolute Gasteiger partial charge is 0.465 e. The van der Waals surface area contributed by atoms with Crippen molar-refractivity contribution in [3.63, 3.8) is 0 Å². The van der Waals surface area contributed by atoms with Crippen LogP contribution in [0.1, 0.15) is 30.1 Å². The first kappa shape index (κ1) is 11.2. The van der Waals surface area contributed by atoms with E-state index in [1.807, 2.05) is 0 Å². The number of aromatic nitrogens is 1. The summed E-state index contributed by atoms with van der Waals surface area (Å²) in [5, 5.41) is 0.842. The van der Waals surface area contributed by atoms with Crippen molar-refractivity contribution in [3.05, 3.63) is 5.56 Å². The van der Waals surface area contributed by atoms with E-state index in [1.165, 1.54) is 18.6 Å². The maximum Gasteiger partial charge on any atom is 0.344 e. The van der Waals surface area contributed by atoms with Gasteiger partial charge in [-0.3, -0.25) is 0 Å². The van der Waals surface area contributed by atoms with Crippen LogP contribution >= 0.6 is 11.5 Å². The lowest BCUT2D eigenvalue weighted by atomic mass is 10.2.